The number of hydrogen-bond donors (Lipinski definition) is 3. The van der Waals surface area contributed by atoms with Crippen molar-refractivity contribution in [3.8, 4) is 0 Å². The lowest BCUT2D eigenvalue weighted by Crippen LogP contribution is -2.38. The molecule has 0 bridgehead atoms. The van der Waals surface area contributed by atoms with Gasteiger partial charge in [0.05, 0.1) is 6.26 Å². The number of aromatic amines is 1. The van der Waals surface area contributed by atoms with Crippen molar-refractivity contribution in [2.24, 2.45) is 0 Å². The van der Waals surface area contributed by atoms with Gasteiger partial charge in [0.15, 0.2) is 5.76 Å². The molecule has 3 heterocycles. The molecule has 0 unspecified atom stereocenters. The van der Waals surface area contributed by atoms with Crippen molar-refractivity contribution in [3.05, 3.63) is 53.9 Å². The summed E-state index contributed by atoms with van der Waals surface area (Å²) in [7, 11) is 0. The summed E-state index contributed by atoms with van der Waals surface area (Å²) in [6, 6.07) is 6.81. The van der Waals surface area contributed by atoms with Crippen LogP contribution >= 0.6 is 0 Å². The average Bonchev–Trinajstić information content (AvgIpc) is 3.36. The van der Waals surface area contributed by atoms with Crippen molar-refractivity contribution >= 4 is 17.9 Å². The predicted molar refractivity (Wildman–Crippen MR) is 93.6 cm³/mol. The standard InChI is InChI=1S/C18H22N4O3/c23-17(20-8-11-22-9-1-2-10-22)15(13-14-5-3-7-19-14)21-18(24)16-6-4-12-25-16/h3-7,12-13,19H,1-2,8-11H2,(H,20,23)(H,21,24)/b15-13-. The normalized spacial score (nSPS) is 15.3. The molecule has 7 nitrogen and oxygen atoms in total. The van der Waals surface area contributed by atoms with Gasteiger partial charge in [0.1, 0.15) is 5.70 Å². The summed E-state index contributed by atoms with van der Waals surface area (Å²) in [6.45, 7) is 3.51. The lowest BCUT2D eigenvalue weighted by atomic mass is 10.3. The van der Waals surface area contributed by atoms with E-state index >= 15 is 0 Å². The lowest BCUT2D eigenvalue weighted by molar-refractivity contribution is -0.117. The Balaban J connectivity index is 1.63. The molecule has 0 aliphatic carbocycles. The Labute approximate surface area is 146 Å². The van der Waals surface area contributed by atoms with Gasteiger partial charge in [-0.05, 0) is 56.3 Å². The van der Waals surface area contributed by atoms with Crippen molar-refractivity contribution < 1.29 is 14.0 Å². The summed E-state index contributed by atoms with van der Waals surface area (Å²) in [4.78, 5) is 30.0. The van der Waals surface area contributed by atoms with Crippen LogP contribution in [0.25, 0.3) is 6.08 Å². The molecule has 2 aromatic heterocycles. The summed E-state index contributed by atoms with van der Waals surface area (Å²) >= 11 is 0. The van der Waals surface area contributed by atoms with Crippen LogP contribution in [0.5, 0.6) is 0 Å². The number of nitrogens with zero attached hydrogens (tertiary/aromatic N) is 1. The first-order valence-electron chi connectivity index (χ1n) is 8.43. The van der Waals surface area contributed by atoms with Gasteiger partial charge in [-0.3, -0.25) is 9.59 Å². The number of likely N-dealkylation sites (tertiary alicyclic amines) is 1. The van der Waals surface area contributed by atoms with E-state index < -0.39 is 5.91 Å². The Kier molecular flexibility index (Phi) is 5.69. The van der Waals surface area contributed by atoms with Crippen LogP contribution in [-0.2, 0) is 4.79 Å². The van der Waals surface area contributed by atoms with Gasteiger partial charge in [0.25, 0.3) is 11.8 Å². The van der Waals surface area contributed by atoms with E-state index in [9.17, 15) is 9.59 Å². The Morgan fingerprint density at radius 1 is 1.24 bits per heavy atom. The first-order chi connectivity index (χ1) is 12.2. The summed E-state index contributed by atoms with van der Waals surface area (Å²) in [5.41, 5.74) is 0.898. The molecule has 0 aromatic carbocycles. The van der Waals surface area contributed by atoms with Gasteiger partial charge in [0.2, 0.25) is 0 Å². The molecule has 1 aliphatic rings. The number of H-pyrrole nitrogens is 1. The smallest absolute Gasteiger partial charge is 0.291 e. The van der Waals surface area contributed by atoms with E-state index in [2.05, 4.69) is 20.5 Å². The number of carbonyl (C=O) groups is 2. The van der Waals surface area contributed by atoms with Crippen molar-refractivity contribution in [2.75, 3.05) is 26.2 Å². The highest BCUT2D eigenvalue weighted by Gasteiger charge is 2.17. The second-order valence-corrected chi connectivity index (χ2v) is 5.92. The maximum atomic E-state index is 12.5. The maximum absolute atomic E-state index is 12.5. The van der Waals surface area contributed by atoms with Crippen LogP contribution in [0, 0.1) is 0 Å². The van der Waals surface area contributed by atoms with Crippen molar-refractivity contribution in [1.29, 1.82) is 0 Å². The zero-order valence-electron chi connectivity index (χ0n) is 14.0. The number of furan rings is 1. The van der Waals surface area contributed by atoms with Crippen LogP contribution in [0.4, 0.5) is 0 Å². The molecular formula is C18H22N4O3. The number of hydrogen-bond acceptors (Lipinski definition) is 4. The molecule has 3 N–H and O–H groups in total. The first kappa shape index (κ1) is 17.0. The first-order valence-corrected chi connectivity index (χ1v) is 8.43. The van der Waals surface area contributed by atoms with Crippen LogP contribution in [-0.4, -0.2) is 47.9 Å². The topological polar surface area (TPSA) is 90.4 Å². The van der Waals surface area contributed by atoms with Gasteiger partial charge in [-0.25, -0.2) is 0 Å². The summed E-state index contributed by atoms with van der Waals surface area (Å²) in [5, 5.41) is 5.48. The average molecular weight is 342 g/mol. The largest absolute Gasteiger partial charge is 0.459 e. The molecule has 1 fully saturated rings. The minimum atomic E-state index is -0.461. The highest BCUT2D eigenvalue weighted by molar-refractivity contribution is 6.04. The van der Waals surface area contributed by atoms with Crippen molar-refractivity contribution in [3.63, 3.8) is 0 Å². The molecule has 0 atom stereocenters. The van der Waals surface area contributed by atoms with Gasteiger partial charge >= 0.3 is 0 Å². The van der Waals surface area contributed by atoms with Crippen LogP contribution < -0.4 is 10.6 Å². The summed E-state index contributed by atoms with van der Waals surface area (Å²) in [6.07, 6.45) is 7.20. The third kappa shape index (κ3) is 4.84. The fourth-order valence-electron chi connectivity index (χ4n) is 2.77. The minimum Gasteiger partial charge on any atom is -0.459 e. The highest BCUT2D eigenvalue weighted by Crippen LogP contribution is 2.07. The lowest BCUT2D eigenvalue weighted by Gasteiger charge is -2.15. The van der Waals surface area contributed by atoms with Crippen molar-refractivity contribution in [1.82, 2.24) is 20.5 Å². The molecule has 1 saturated heterocycles. The molecular weight excluding hydrogens is 320 g/mol. The number of aromatic nitrogens is 1. The van der Waals surface area contributed by atoms with Crippen LogP contribution in [0.1, 0.15) is 29.1 Å². The molecule has 1 aliphatic heterocycles. The number of amides is 2. The fourth-order valence-corrected chi connectivity index (χ4v) is 2.77. The fraction of sp³-hybridized carbons (Fsp3) is 0.333. The predicted octanol–water partition coefficient (Wildman–Crippen LogP) is 1.59. The van der Waals surface area contributed by atoms with Crippen LogP contribution in [0.15, 0.2) is 46.8 Å². The van der Waals surface area contributed by atoms with Gasteiger partial charge in [0, 0.05) is 25.0 Å². The molecule has 7 heteroatoms. The Morgan fingerprint density at radius 2 is 2.08 bits per heavy atom. The van der Waals surface area contributed by atoms with E-state index in [4.69, 9.17) is 4.42 Å². The molecule has 0 radical (unpaired) electrons. The third-order valence-electron chi connectivity index (χ3n) is 4.07. The van der Waals surface area contributed by atoms with E-state index in [1.807, 2.05) is 12.1 Å². The van der Waals surface area contributed by atoms with Crippen LogP contribution in [0.2, 0.25) is 0 Å². The maximum Gasteiger partial charge on any atom is 0.291 e. The molecule has 0 saturated carbocycles. The second kappa shape index (κ2) is 8.34. The summed E-state index contributed by atoms with van der Waals surface area (Å²) < 4.78 is 5.07. The van der Waals surface area contributed by atoms with Gasteiger partial charge in [-0.15, -0.1) is 0 Å². The number of rotatable bonds is 7. The number of carbonyl (C=O) groups excluding carboxylic acids is 2. The quantitative estimate of drug-likeness (QED) is 0.667. The molecule has 2 aromatic rings. The SMILES string of the molecule is O=C(NCCN1CCCC1)/C(=C/c1ccc[nH]1)NC(=O)c1ccco1. The van der Waals surface area contributed by atoms with E-state index in [0.29, 0.717) is 6.54 Å². The van der Waals surface area contributed by atoms with E-state index in [1.54, 1.807) is 24.4 Å². The van der Waals surface area contributed by atoms with Crippen molar-refractivity contribution in [2.45, 2.75) is 12.8 Å². The molecule has 2 amide bonds. The number of nitrogens with one attached hydrogen (secondary N) is 3. The zero-order valence-corrected chi connectivity index (χ0v) is 14.0. The Hall–Kier alpha value is -2.80. The molecule has 3 rings (SSSR count). The second-order valence-electron chi connectivity index (χ2n) is 5.92. The Morgan fingerprint density at radius 3 is 2.76 bits per heavy atom. The van der Waals surface area contributed by atoms with E-state index in [-0.39, 0.29) is 17.4 Å². The molecule has 132 valence electrons. The minimum absolute atomic E-state index is 0.155. The third-order valence-corrected chi connectivity index (χ3v) is 4.07. The summed E-state index contributed by atoms with van der Waals surface area (Å²) in [5.74, 6) is -0.631. The van der Waals surface area contributed by atoms with Gasteiger partial charge in [-0.1, -0.05) is 0 Å². The highest BCUT2D eigenvalue weighted by atomic mass is 16.3. The molecule has 0 spiro atoms. The zero-order chi connectivity index (χ0) is 17.5. The molecule has 25 heavy (non-hydrogen) atoms. The Bertz CT molecular complexity index is 714. The van der Waals surface area contributed by atoms with Gasteiger partial charge in [-0.2, -0.15) is 0 Å². The monoisotopic (exact) mass is 342 g/mol. The van der Waals surface area contributed by atoms with E-state index in [0.717, 1.165) is 25.3 Å². The van der Waals surface area contributed by atoms with E-state index in [1.165, 1.54) is 19.1 Å². The van der Waals surface area contributed by atoms with Gasteiger partial charge < -0.3 is 24.9 Å². The van der Waals surface area contributed by atoms with Crippen LogP contribution in [0.3, 0.4) is 0 Å².